The SMILES string of the molecule is CC[C@]1(CO)C[C@@H](OC(=O)CO)[C@@]2(C)C3C(=O)CC[C@@]3(CC[C@H]2CO)[C@@H](CO)[C@@H]1O. The van der Waals surface area contributed by atoms with Crippen LogP contribution in [0.3, 0.4) is 0 Å². The molecule has 0 aromatic heterocycles. The Morgan fingerprint density at radius 2 is 1.87 bits per heavy atom. The summed E-state index contributed by atoms with van der Waals surface area (Å²) in [6, 6.07) is 0. The number of aliphatic hydroxyl groups is 5. The van der Waals surface area contributed by atoms with Crippen molar-refractivity contribution in [2.75, 3.05) is 26.4 Å². The minimum atomic E-state index is -1.09. The van der Waals surface area contributed by atoms with Gasteiger partial charge in [0.25, 0.3) is 0 Å². The van der Waals surface area contributed by atoms with E-state index in [0.29, 0.717) is 32.1 Å². The third-order valence-corrected chi connectivity index (χ3v) is 9.07. The highest BCUT2D eigenvalue weighted by atomic mass is 16.6. The third-order valence-electron chi connectivity index (χ3n) is 9.07. The third kappa shape index (κ3) is 3.14. The molecule has 0 amide bonds. The minimum absolute atomic E-state index is 0.000607. The summed E-state index contributed by atoms with van der Waals surface area (Å²) < 4.78 is 5.69. The van der Waals surface area contributed by atoms with Crippen LogP contribution in [-0.4, -0.2) is 75.9 Å². The highest BCUT2D eigenvalue weighted by Crippen LogP contribution is 2.68. The number of Topliss-reactive ketones (excluding diaryl/α,β-unsaturated/α-hetero) is 1. The van der Waals surface area contributed by atoms with Crippen molar-refractivity contribution >= 4 is 11.8 Å². The van der Waals surface area contributed by atoms with Crippen molar-refractivity contribution < 1.29 is 39.9 Å². The molecule has 0 aromatic carbocycles. The highest BCUT2D eigenvalue weighted by molar-refractivity contribution is 5.85. The predicted octanol–water partition coefficient (Wildman–Crippen LogP) is 0.0264. The molecule has 0 aromatic rings. The molecule has 8 atom stereocenters. The zero-order chi connectivity index (χ0) is 22.3. The van der Waals surface area contributed by atoms with E-state index in [4.69, 9.17) is 4.74 Å². The van der Waals surface area contributed by atoms with Crippen molar-refractivity contribution in [1.82, 2.24) is 0 Å². The topological polar surface area (TPSA) is 145 Å². The second-order valence-electron chi connectivity index (χ2n) is 9.87. The van der Waals surface area contributed by atoms with Crippen LogP contribution in [0.4, 0.5) is 0 Å². The van der Waals surface area contributed by atoms with Gasteiger partial charge in [0.05, 0.1) is 12.7 Å². The molecule has 3 aliphatic carbocycles. The number of carbonyl (C=O) groups excluding carboxylic acids is 2. The van der Waals surface area contributed by atoms with Crippen molar-refractivity contribution in [3.63, 3.8) is 0 Å². The number of rotatable bonds is 6. The zero-order valence-electron chi connectivity index (χ0n) is 17.9. The first-order valence-corrected chi connectivity index (χ1v) is 11.0. The van der Waals surface area contributed by atoms with E-state index in [1.165, 1.54) is 0 Å². The van der Waals surface area contributed by atoms with Gasteiger partial charge in [0.1, 0.15) is 18.5 Å². The number of ketones is 1. The standard InChI is InChI=1S/C22H36O8/c1-3-21(12-26)8-16(30-17(28)11-25)20(2)13(9-23)4-6-22(14(10-24)19(21)29)7-5-15(27)18(20)22/h13-14,16,18-19,23-26,29H,3-12H2,1-2H3/t13-,14-,16+,18?,19-,20-,21+,22-/m0/s1. The number of aliphatic hydroxyl groups excluding tert-OH is 5. The van der Waals surface area contributed by atoms with E-state index in [9.17, 15) is 35.1 Å². The number of hydrogen-bond donors (Lipinski definition) is 5. The summed E-state index contributed by atoms with van der Waals surface area (Å²) >= 11 is 0. The van der Waals surface area contributed by atoms with Crippen molar-refractivity contribution in [1.29, 1.82) is 0 Å². The van der Waals surface area contributed by atoms with Gasteiger partial charge in [0, 0.05) is 42.3 Å². The first kappa shape index (κ1) is 23.6. The average molecular weight is 429 g/mol. The molecule has 0 saturated heterocycles. The van der Waals surface area contributed by atoms with Crippen LogP contribution in [0, 0.1) is 34.0 Å². The second kappa shape index (κ2) is 8.47. The summed E-state index contributed by atoms with van der Waals surface area (Å²) in [5.74, 6) is -2.35. The van der Waals surface area contributed by atoms with Gasteiger partial charge in [-0.15, -0.1) is 0 Å². The van der Waals surface area contributed by atoms with Gasteiger partial charge in [-0.1, -0.05) is 13.8 Å². The van der Waals surface area contributed by atoms with E-state index in [1.54, 1.807) is 0 Å². The molecule has 172 valence electrons. The summed E-state index contributed by atoms with van der Waals surface area (Å²) in [6.45, 7) is 2.00. The van der Waals surface area contributed by atoms with Crippen LogP contribution in [0.2, 0.25) is 0 Å². The van der Waals surface area contributed by atoms with Crippen LogP contribution in [0.1, 0.15) is 52.4 Å². The summed E-state index contributed by atoms with van der Waals surface area (Å²) in [4.78, 5) is 25.4. The second-order valence-corrected chi connectivity index (χ2v) is 9.87. The molecule has 2 bridgehead atoms. The van der Waals surface area contributed by atoms with E-state index in [1.807, 2.05) is 13.8 Å². The summed E-state index contributed by atoms with van der Waals surface area (Å²) in [5, 5.41) is 51.7. The van der Waals surface area contributed by atoms with E-state index >= 15 is 0 Å². The predicted molar refractivity (Wildman–Crippen MR) is 106 cm³/mol. The van der Waals surface area contributed by atoms with Gasteiger partial charge in [0.2, 0.25) is 0 Å². The first-order chi connectivity index (χ1) is 14.2. The Bertz CT molecular complexity index is 662. The van der Waals surface area contributed by atoms with Gasteiger partial charge in [-0.25, -0.2) is 4.79 Å². The first-order valence-electron chi connectivity index (χ1n) is 11.0. The smallest absolute Gasteiger partial charge is 0.332 e. The van der Waals surface area contributed by atoms with Crippen molar-refractivity contribution in [2.24, 2.45) is 34.0 Å². The van der Waals surface area contributed by atoms with Gasteiger partial charge < -0.3 is 30.3 Å². The lowest BCUT2D eigenvalue weighted by molar-refractivity contribution is -0.230. The fourth-order valence-electron chi connectivity index (χ4n) is 7.23. The molecule has 0 radical (unpaired) electrons. The summed E-state index contributed by atoms with van der Waals surface area (Å²) in [7, 11) is 0. The maximum absolute atomic E-state index is 13.2. The van der Waals surface area contributed by atoms with Gasteiger partial charge in [-0.2, -0.15) is 0 Å². The molecule has 3 fully saturated rings. The van der Waals surface area contributed by atoms with Crippen LogP contribution < -0.4 is 0 Å². The van der Waals surface area contributed by atoms with Gasteiger partial charge in [-0.05, 0) is 43.4 Å². The Kier molecular flexibility index (Phi) is 6.66. The van der Waals surface area contributed by atoms with E-state index in [0.717, 1.165) is 0 Å². The molecular formula is C22H36O8. The van der Waals surface area contributed by atoms with Crippen LogP contribution in [-0.2, 0) is 14.3 Å². The van der Waals surface area contributed by atoms with Crippen LogP contribution in [0.15, 0.2) is 0 Å². The van der Waals surface area contributed by atoms with Gasteiger partial charge in [-0.3, -0.25) is 4.79 Å². The van der Waals surface area contributed by atoms with Crippen molar-refractivity contribution in [2.45, 2.75) is 64.6 Å². The fourth-order valence-corrected chi connectivity index (χ4v) is 7.23. The number of ether oxygens (including phenoxy) is 1. The molecule has 8 heteroatoms. The lowest BCUT2D eigenvalue weighted by Gasteiger charge is -2.62. The molecule has 0 aliphatic heterocycles. The normalized spacial score (nSPS) is 46.1. The van der Waals surface area contributed by atoms with Crippen LogP contribution in [0.5, 0.6) is 0 Å². The summed E-state index contributed by atoms with van der Waals surface area (Å²) in [6.07, 6.45) is 0.459. The van der Waals surface area contributed by atoms with Crippen molar-refractivity contribution in [3.05, 3.63) is 0 Å². The quantitative estimate of drug-likeness (QED) is 0.373. The van der Waals surface area contributed by atoms with Crippen molar-refractivity contribution in [3.8, 4) is 0 Å². The average Bonchev–Trinajstić information content (AvgIpc) is 3.09. The lowest BCUT2D eigenvalue weighted by Crippen LogP contribution is -2.66. The Morgan fingerprint density at radius 1 is 1.17 bits per heavy atom. The molecule has 8 nitrogen and oxygen atoms in total. The maximum Gasteiger partial charge on any atom is 0.332 e. The lowest BCUT2D eigenvalue weighted by atomic mass is 9.43. The molecular weight excluding hydrogens is 392 g/mol. The zero-order valence-corrected chi connectivity index (χ0v) is 17.9. The number of carbonyl (C=O) groups is 2. The minimum Gasteiger partial charge on any atom is -0.460 e. The molecule has 3 aliphatic rings. The maximum atomic E-state index is 13.2. The largest absolute Gasteiger partial charge is 0.460 e. The Morgan fingerprint density at radius 3 is 2.40 bits per heavy atom. The Hall–Kier alpha value is -1.06. The fraction of sp³-hybridized carbons (Fsp3) is 0.909. The molecule has 30 heavy (non-hydrogen) atoms. The molecule has 3 rings (SSSR count). The highest BCUT2D eigenvalue weighted by Gasteiger charge is 2.70. The summed E-state index contributed by atoms with van der Waals surface area (Å²) in [5.41, 5.74) is -2.67. The van der Waals surface area contributed by atoms with Gasteiger partial charge in [0.15, 0.2) is 0 Å². The molecule has 3 saturated carbocycles. The number of hydrogen-bond acceptors (Lipinski definition) is 8. The van der Waals surface area contributed by atoms with Crippen LogP contribution >= 0.6 is 0 Å². The number of esters is 1. The monoisotopic (exact) mass is 428 g/mol. The van der Waals surface area contributed by atoms with E-state index in [2.05, 4.69) is 0 Å². The van der Waals surface area contributed by atoms with Gasteiger partial charge >= 0.3 is 5.97 Å². The Labute approximate surface area is 177 Å². The van der Waals surface area contributed by atoms with Crippen LogP contribution in [0.25, 0.3) is 0 Å². The van der Waals surface area contributed by atoms with E-state index in [-0.39, 0.29) is 37.9 Å². The molecule has 1 unspecified atom stereocenters. The molecule has 0 heterocycles. The Balaban J connectivity index is 2.26. The molecule has 0 spiro atoms. The molecule has 5 N–H and O–H groups in total. The van der Waals surface area contributed by atoms with E-state index < -0.39 is 52.9 Å².